The Bertz CT molecular complexity index is 282. The van der Waals surface area contributed by atoms with Crippen molar-refractivity contribution in [2.45, 2.75) is 38.7 Å². The van der Waals surface area contributed by atoms with Crippen LogP contribution in [0.4, 0.5) is 0 Å². The number of hydrogen-bond acceptors (Lipinski definition) is 3. The Kier molecular flexibility index (Phi) is 4.62. The fourth-order valence-corrected chi connectivity index (χ4v) is 2.94. The maximum atomic E-state index is 12.1. The topological polar surface area (TPSA) is 43.8 Å². The average molecular weight is 254 g/mol. The zero-order valence-electron chi connectivity index (χ0n) is 11.6. The van der Waals surface area contributed by atoms with E-state index >= 15 is 0 Å². The van der Waals surface area contributed by atoms with E-state index in [1.807, 2.05) is 11.9 Å². The summed E-state index contributed by atoms with van der Waals surface area (Å²) in [5.41, 5.74) is 0. The zero-order valence-corrected chi connectivity index (χ0v) is 11.6. The van der Waals surface area contributed by atoms with Crippen LogP contribution in [0.1, 0.15) is 32.6 Å². The minimum absolute atomic E-state index is 0.0947. The Labute approximate surface area is 110 Å². The van der Waals surface area contributed by atoms with E-state index in [2.05, 4.69) is 11.8 Å². The summed E-state index contributed by atoms with van der Waals surface area (Å²) >= 11 is 0. The van der Waals surface area contributed by atoms with E-state index in [9.17, 15) is 9.90 Å². The van der Waals surface area contributed by atoms with Crippen LogP contribution in [0.5, 0.6) is 0 Å². The molecule has 1 saturated heterocycles. The fraction of sp³-hybridized carbons (Fsp3) is 0.929. The molecule has 0 aromatic heterocycles. The monoisotopic (exact) mass is 254 g/mol. The van der Waals surface area contributed by atoms with Gasteiger partial charge in [0.05, 0.1) is 12.6 Å². The number of likely N-dealkylation sites (tertiary alicyclic amines) is 1. The van der Waals surface area contributed by atoms with E-state index < -0.39 is 0 Å². The highest BCUT2D eigenvalue weighted by atomic mass is 16.3. The molecule has 4 heteroatoms. The standard InChI is InChI=1S/C14H26N2O2/c1-11-3-5-16(6-4-11)14(18)10-15(2)9-12-7-13(17)8-12/h11-13,17H,3-10H2,1-2H3. The average Bonchev–Trinajstić information content (AvgIpc) is 2.27. The summed E-state index contributed by atoms with van der Waals surface area (Å²) in [4.78, 5) is 16.2. The summed E-state index contributed by atoms with van der Waals surface area (Å²) in [6.45, 7) is 5.58. The van der Waals surface area contributed by atoms with Crippen LogP contribution in [0.2, 0.25) is 0 Å². The second kappa shape index (κ2) is 6.02. The zero-order chi connectivity index (χ0) is 13.1. The highest BCUT2D eigenvalue weighted by Crippen LogP contribution is 2.27. The lowest BCUT2D eigenvalue weighted by molar-refractivity contribution is -0.133. The van der Waals surface area contributed by atoms with Crippen molar-refractivity contribution < 1.29 is 9.90 Å². The van der Waals surface area contributed by atoms with Crippen LogP contribution >= 0.6 is 0 Å². The van der Waals surface area contributed by atoms with Crippen LogP contribution in [-0.2, 0) is 4.79 Å². The van der Waals surface area contributed by atoms with Gasteiger partial charge in [0.1, 0.15) is 0 Å². The maximum absolute atomic E-state index is 12.1. The fourth-order valence-electron chi connectivity index (χ4n) is 2.94. The molecule has 0 spiro atoms. The molecule has 0 aromatic rings. The molecule has 1 amide bonds. The Balaban J connectivity index is 1.67. The number of aliphatic hydroxyl groups is 1. The van der Waals surface area contributed by atoms with Crippen LogP contribution < -0.4 is 0 Å². The first-order valence-corrected chi connectivity index (χ1v) is 7.19. The lowest BCUT2D eigenvalue weighted by atomic mass is 9.82. The van der Waals surface area contributed by atoms with Crippen molar-refractivity contribution in [1.82, 2.24) is 9.80 Å². The number of nitrogens with zero attached hydrogens (tertiary/aromatic N) is 2. The number of rotatable bonds is 4. The smallest absolute Gasteiger partial charge is 0.236 e. The second-order valence-corrected chi connectivity index (χ2v) is 6.25. The van der Waals surface area contributed by atoms with Crippen LogP contribution in [0.3, 0.4) is 0 Å². The largest absolute Gasteiger partial charge is 0.393 e. The van der Waals surface area contributed by atoms with Gasteiger partial charge in [-0.2, -0.15) is 0 Å². The number of likely N-dealkylation sites (N-methyl/N-ethyl adjacent to an activating group) is 1. The van der Waals surface area contributed by atoms with E-state index in [-0.39, 0.29) is 12.0 Å². The Morgan fingerprint density at radius 3 is 2.50 bits per heavy atom. The summed E-state index contributed by atoms with van der Waals surface area (Å²) in [6, 6.07) is 0. The third-order valence-electron chi connectivity index (χ3n) is 4.32. The van der Waals surface area contributed by atoms with Gasteiger partial charge in [0.2, 0.25) is 5.91 Å². The van der Waals surface area contributed by atoms with Crippen molar-refractivity contribution in [3.63, 3.8) is 0 Å². The molecule has 4 nitrogen and oxygen atoms in total. The minimum atomic E-state index is -0.0947. The van der Waals surface area contributed by atoms with Gasteiger partial charge in [-0.05, 0) is 44.6 Å². The lowest BCUT2D eigenvalue weighted by Gasteiger charge is -2.35. The highest BCUT2D eigenvalue weighted by Gasteiger charge is 2.29. The third kappa shape index (κ3) is 3.69. The van der Waals surface area contributed by atoms with E-state index in [4.69, 9.17) is 0 Å². The summed E-state index contributed by atoms with van der Waals surface area (Å²) in [5, 5.41) is 9.25. The predicted octanol–water partition coefficient (Wildman–Crippen LogP) is 0.948. The number of carbonyl (C=O) groups excluding carboxylic acids is 1. The SMILES string of the molecule is CC1CCN(C(=O)CN(C)CC2CC(O)C2)CC1. The molecule has 1 N–H and O–H groups in total. The molecule has 18 heavy (non-hydrogen) atoms. The molecule has 1 heterocycles. The second-order valence-electron chi connectivity index (χ2n) is 6.25. The quantitative estimate of drug-likeness (QED) is 0.812. The van der Waals surface area contributed by atoms with Gasteiger partial charge in [-0.25, -0.2) is 0 Å². The first-order chi connectivity index (χ1) is 8.54. The molecule has 0 atom stereocenters. The number of carbonyl (C=O) groups is 1. The minimum Gasteiger partial charge on any atom is -0.393 e. The van der Waals surface area contributed by atoms with Crippen molar-refractivity contribution >= 4 is 5.91 Å². The van der Waals surface area contributed by atoms with Gasteiger partial charge in [0.15, 0.2) is 0 Å². The molecule has 1 aliphatic heterocycles. The molecule has 2 fully saturated rings. The summed E-state index contributed by atoms with van der Waals surface area (Å²) < 4.78 is 0. The first kappa shape index (κ1) is 13.8. The molecule has 104 valence electrons. The number of piperidine rings is 1. The van der Waals surface area contributed by atoms with Gasteiger partial charge in [-0.3, -0.25) is 9.69 Å². The lowest BCUT2D eigenvalue weighted by Crippen LogP contribution is -2.45. The van der Waals surface area contributed by atoms with E-state index in [0.29, 0.717) is 12.5 Å². The van der Waals surface area contributed by atoms with Crippen molar-refractivity contribution in [1.29, 1.82) is 0 Å². The van der Waals surface area contributed by atoms with Crippen molar-refractivity contribution in [2.24, 2.45) is 11.8 Å². The molecule has 0 bridgehead atoms. The first-order valence-electron chi connectivity index (χ1n) is 7.19. The summed E-state index contributed by atoms with van der Waals surface area (Å²) in [7, 11) is 2.01. The van der Waals surface area contributed by atoms with Gasteiger partial charge in [0.25, 0.3) is 0 Å². The van der Waals surface area contributed by atoms with Crippen LogP contribution in [0.25, 0.3) is 0 Å². The molecule has 2 aliphatic rings. The van der Waals surface area contributed by atoms with Gasteiger partial charge in [-0.1, -0.05) is 6.92 Å². The Morgan fingerprint density at radius 2 is 1.94 bits per heavy atom. The molecule has 0 unspecified atom stereocenters. The van der Waals surface area contributed by atoms with E-state index in [0.717, 1.165) is 51.2 Å². The maximum Gasteiger partial charge on any atom is 0.236 e. The molecule has 0 radical (unpaired) electrons. The van der Waals surface area contributed by atoms with Gasteiger partial charge >= 0.3 is 0 Å². The summed E-state index contributed by atoms with van der Waals surface area (Å²) in [6.07, 6.45) is 4.00. The van der Waals surface area contributed by atoms with Crippen LogP contribution in [0.15, 0.2) is 0 Å². The predicted molar refractivity (Wildman–Crippen MR) is 71.2 cm³/mol. The van der Waals surface area contributed by atoms with Crippen molar-refractivity contribution in [3.8, 4) is 0 Å². The Morgan fingerprint density at radius 1 is 1.33 bits per heavy atom. The van der Waals surface area contributed by atoms with Crippen molar-refractivity contribution in [2.75, 3.05) is 33.2 Å². The van der Waals surface area contributed by atoms with E-state index in [1.54, 1.807) is 0 Å². The highest BCUT2D eigenvalue weighted by molar-refractivity contribution is 5.78. The number of aliphatic hydroxyl groups excluding tert-OH is 1. The molecular weight excluding hydrogens is 228 g/mol. The summed E-state index contributed by atoms with van der Waals surface area (Å²) in [5.74, 6) is 1.62. The molecule has 1 aliphatic carbocycles. The van der Waals surface area contributed by atoms with Crippen LogP contribution in [-0.4, -0.2) is 60.1 Å². The van der Waals surface area contributed by atoms with Gasteiger partial charge in [0, 0.05) is 19.6 Å². The molecule has 1 saturated carbocycles. The Hall–Kier alpha value is -0.610. The van der Waals surface area contributed by atoms with Crippen LogP contribution in [0, 0.1) is 11.8 Å². The van der Waals surface area contributed by atoms with Gasteiger partial charge < -0.3 is 10.0 Å². The number of hydrogen-bond donors (Lipinski definition) is 1. The molecular formula is C14H26N2O2. The normalized spacial score (nSPS) is 29.4. The third-order valence-corrected chi connectivity index (χ3v) is 4.32. The van der Waals surface area contributed by atoms with E-state index in [1.165, 1.54) is 0 Å². The molecule has 2 rings (SSSR count). The number of amides is 1. The van der Waals surface area contributed by atoms with Crippen molar-refractivity contribution in [3.05, 3.63) is 0 Å². The molecule has 0 aromatic carbocycles. The van der Waals surface area contributed by atoms with Gasteiger partial charge in [-0.15, -0.1) is 0 Å².